The third-order valence-electron chi connectivity index (χ3n) is 12.4. The van der Waals surface area contributed by atoms with Crippen molar-refractivity contribution < 1.29 is 4.42 Å². The van der Waals surface area contributed by atoms with Crippen LogP contribution in [0.25, 0.3) is 127 Å². The van der Waals surface area contributed by atoms with Crippen molar-refractivity contribution in [1.29, 1.82) is 0 Å². The number of rotatable bonds is 5. The lowest BCUT2D eigenvalue weighted by Gasteiger charge is -2.16. The van der Waals surface area contributed by atoms with Crippen LogP contribution in [0.15, 0.2) is 211 Å². The third kappa shape index (κ3) is 5.25. The molecule has 0 amide bonds. The first kappa shape index (κ1) is 34.5. The van der Waals surface area contributed by atoms with Crippen molar-refractivity contribution in [2.45, 2.75) is 0 Å². The number of benzene rings is 10. The minimum absolute atomic E-state index is 0.597. The van der Waals surface area contributed by atoms with Crippen molar-refractivity contribution >= 4 is 76.1 Å². The number of fused-ring (bicyclic) bond motifs is 12. The molecule has 5 nitrogen and oxygen atoms in total. The summed E-state index contributed by atoms with van der Waals surface area (Å²) in [5.74, 6) is 1.84. The molecule has 10 aromatic carbocycles. The minimum atomic E-state index is 0.597. The minimum Gasteiger partial charge on any atom is -0.456 e. The Morgan fingerprint density at radius 3 is 1.52 bits per heavy atom. The summed E-state index contributed by atoms with van der Waals surface area (Å²) in [6.07, 6.45) is 0. The lowest BCUT2D eigenvalue weighted by atomic mass is 9.93. The fourth-order valence-electron chi connectivity index (χ4n) is 9.66. The van der Waals surface area contributed by atoms with E-state index in [4.69, 9.17) is 19.4 Å². The molecule has 0 aliphatic rings. The van der Waals surface area contributed by atoms with E-state index in [2.05, 4.69) is 138 Å². The number of hydrogen-bond acceptors (Lipinski definition) is 4. The summed E-state index contributed by atoms with van der Waals surface area (Å²) in [4.78, 5) is 15.1. The second-order valence-corrected chi connectivity index (χ2v) is 15.9. The van der Waals surface area contributed by atoms with Crippen LogP contribution in [0.3, 0.4) is 0 Å². The van der Waals surface area contributed by atoms with Crippen LogP contribution < -0.4 is 0 Å². The Bertz CT molecular complexity index is 3820. The van der Waals surface area contributed by atoms with Gasteiger partial charge in [0.2, 0.25) is 0 Å². The highest BCUT2D eigenvalue weighted by atomic mass is 16.3. The second kappa shape index (κ2) is 13.6. The smallest absolute Gasteiger partial charge is 0.164 e. The van der Waals surface area contributed by atoms with Crippen LogP contribution in [-0.4, -0.2) is 19.5 Å². The lowest BCUT2D eigenvalue weighted by Crippen LogP contribution is -2.00. The van der Waals surface area contributed by atoms with Gasteiger partial charge in [0.05, 0.1) is 16.7 Å². The zero-order chi connectivity index (χ0) is 40.7. The fourth-order valence-corrected chi connectivity index (χ4v) is 9.66. The maximum Gasteiger partial charge on any atom is 0.164 e. The van der Waals surface area contributed by atoms with Crippen molar-refractivity contribution in [3.63, 3.8) is 0 Å². The Kier molecular flexibility index (Phi) is 7.54. The summed E-state index contributed by atoms with van der Waals surface area (Å²) in [5, 5.41) is 12.0. The molecule has 0 N–H and O–H groups in total. The highest BCUT2D eigenvalue weighted by molar-refractivity contribution is 6.28. The zero-order valence-electron chi connectivity index (χ0n) is 33.3. The van der Waals surface area contributed by atoms with E-state index in [1.165, 1.54) is 54.3 Å². The molecule has 0 bridgehead atoms. The summed E-state index contributed by atoms with van der Waals surface area (Å²) in [7, 11) is 0. The second-order valence-electron chi connectivity index (χ2n) is 15.9. The van der Waals surface area contributed by atoms with E-state index in [0.29, 0.717) is 17.5 Å². The molecule has 288 valence electrons. The van der Waals surface area contributed by atoms with E-state index < -0.39 is 0 Å². The maximum atomic E-state index is 6.53. The largest absolute Gasteiger partial charge is 0.456 e. The summed E-state index contributed by atoms with van der Waals surface area (Å²) < 4.78 is 8.99. The van der Waals surface area contributed by atoms with Crippen LogP contribution in [-0.2, 0) is 0 Å². The van der Waals surface area contributed by atoms with Crippen molar-refractivity contribution in [2.75, 3.05) is 0 Å². The van der Waals surface area contributed by atoms with Gasteiger partial charge >= 0.3 is 0 Å². The fraction of sp³-hybridized carbons (Fsp3) is 0. The molecule has 0 saturated carbocycles. The van der Waals surface area contributed by atoms with Crippen molar-refractivity contribution in [2.24, 2.45) is 0 Å². The average Bonchev–Trinajstić information content (AvgIpc) is 3.89. The Morgan fingerprint density at radius 2 is 0.823 bits per heavy atom. The molecule has 0 radical (unpaired) electrons. The Hall–Kier alpha value is -8.41. The highest BCUT2D eigenvalue weighted by Crippen LogP contribution is 2.43. The van der Waals surface area contributed by atoms with Gasteiger partial charge in [-0.2, -0.15) is 0 Å². The highest BCUT2D eigenvalue weighted by Gasteiger charge is 2.21. The number of hydrogen-bond donors (Lipinski definition) is 0. The third-order valence-corrected chi connectivity index (χ3v) is 12.4. The Morgan fingerprint density at radius 1 is 0.306 bits per heavy atom. The molecule has 0 atom stereocenters. The molecular formula is C57H34N4O. The van der Waals surface area contributed by atoms with Gasteiger partial charge in [0.25, 0.3) is 0 Å². The molecule has 13 aromatic rings. The summed E-state index contributed by atoms with van der Waals surface area (Å²) in [6, 6.07) is 72.8. The molecular weight excluding hydrogens is 757 g/mol. The van der Waals surface area contributed by atoms with E-state index in [9.17, 15) is 0 Å². The molecule has 0 aliphatic heterocycles. The average molecular weight is 791 g/mol. The molecule has 0 spiro atoms. The van der Waals surface area contributed by atoms with Gasteiger partial charge in [0, 0.05) is 43.6 Å². The van der Waals surface area contributed by atoms with E-state index in [0.717, 1.165) is 55.3 Å². The molecule has 13 rings (SSSR count). The van der Waals surface area contributed by atoms with Gasteiger partial charge in [0.1, 0.15) is 11.2 Å². The molecule has 0 aliphatic carbocycles. The topological polar surface area (TPSA) is 56.7 Å². The molecule has 3 aromatic heterocycles. The van der Waals surface area contributed by atoms with Crippen LogP contribution in [0.1, 0.15) is 0 Å². The zero-order valence-corrected chi connectivity index (χ0v) is 33.3. The number of aromatic nitrogens is 4. The van der Waals surface area contributed by atoms with Gasteiger partial charge in [-0.3, -0.25) is 0 Å². The van der Waals surface area contributed by atoms with E-state index in [1.807, 2.05) is 72.8 Å². The van der Waals surface area contributed by atoms with Crippen LogP contribution in [0.2, 0.25) is 0 Å². The summed E-state index contributed by atoms with van der Waals surface area (Å²) >= 11 is 0. The number of nitrogens with zero attached hydrogens (tertiary/aromatic N) is 4. The molecule has 3 heterocycles. The maximum absolute atomic E-state index is 6.53. The predicted molar refractivity (Wildman–Crippen MR) is 256 cm³/mol. The first-order valence-corrected chi connectivity index (χ1v) is 20.9. The first-order valence-electron chi connectivity index (χ1n) is 20.9. The van der Waals surface area contributed by atoms with Crippen molar-refractivity contribution in [3.05, 3.63) is 206 Å². The molecule has 62 heavy (non-hydrogen) atoms. The Balaban J connectivity index is 1.00. The SMILES string of the molecule is c1ccc(-c2nc(-c3ccccc3)nc(-c3cccc4oc5ccc(-c6ccc7c(c6)c6ccccc6n7-c6cccc7c8ccccc8c8ccccc8c67)cc5c34)n2)cc1. The monoisotopic (exact) mass is 790 g/mol. The molecule has 0 unspecified atom stereocenters. The predicted octanol–water partition coefficient (Wildman–Crippen LogP) is 15.0. The standard InChI is InChI=1S/C57H34N4O/c1-3-15-35(16-4-1)55-58-56(36-17-5-2-6-18-36)60-57(59-55)45-25-14-28-52-54(45)47-34-38(30-32-51(47)62-52)37-29-31-49-46(33-37)42-22-11-12-26-48(42)61(49)50-27-13-24-44-41-20-8-7-19-39(41)40-21-9-10-23-43(40)53(44)50/h1-34H. The van der Waals surface area contributed by atoms with Crippen molar-refractivity contribution in [1.82, 2.24) is 19.5 Å². The number of furan rings is 1. The van der Waals surface area contributed by atoms with Gasteiger partial charge in [-0.05, 0) is 80.5 Å². The van der Waals surface area contributed by atoms with E-state index in [-0.39, 0.29) is 0 Å². The van der Waals surface area contributed by atoms with Crippen LogP contribution in [0.5, 0.6) is 0 Å². The summed E-state index contributed by atoms with van der Waals surface area (Å²) in [5.41, 5.74) is 10.1. The van der Waals surface area contributed by atoms with Crippen LogP contribution in [0.4, 0.5) is 0 Å². The van der Waals surface area contributed by atoms with Gasteiger partial charge < -0.3 is 8.98 Å². The lowest BCUT2D eigenvalue weighted by molar-refractivity contribution is 0.669. The van der Waals surface area contributed by atoms with Gasteiger partial charge in [-0.1, -0.05) is 164 Å². The van der Waals surface area contributed by atoms with Gasteiger partial charge in [0.15, 0.2) is 17.5 Å². The normalized spacial score (nSPS) is 11.9. The first-order chi connectivity index (χ1) is 30.7. The van der Waals surface area contributed by atoms with Gasteiger partial charge in [-0.25, -0.2) is 15.0 Å². The van der Waals surface area contributed by atoms with Crippen LogP contribution >= 0.6 is 0 Å². The van der Waals surface area contributed by atoms with E-state index in [1.54, 1.807) is 0 Å². The number of para-hydroxylation sites is 1. The molecule has 0 saturated heterocycles. The quantitative estimate of drug-likeness (QED) is 0.163. The van der Waals surface area contributed by atoms with Crippen molar-refractivity contribution in [3.8, 4) is 51.0 Å². The molecule has 5 heteroatoms. The van der Waals surface area contributed by atoms with Gasteiger partial charge in [-0.15, -0.1) is 0 Å². The Labute approximate surface area is 355 Å². The molecule has 0 fully saturated rings. The van der Waals surface area contributed by atoms with Crippen LogP contribution in [0, 0.1) is 0 Å². The van der Waals surface area contributed by atoms with E-state index >= 15 is 0 Å². The summed E-state index contributed by atoms with van der Waals surface area (Å²) in [6.45, 7) is 0.